The summed E-state index contributed by atoms with van der Waals surface area (Å²) in [6.45, 7) is 0.153. The van der Waals surface area contributed by atoms with Gasteiger partial charge in [-0.15, -0.1) is 0 Å². The van der Waals surface area contributed by atoms with Crippen LogP contribution in [0.15, 0.2) is 42.5 Å². The molecule has 2 heterocycles. The summed E-state index contributed by atoms with van der Waals surface area (Å²) in [6, 6.07) is 11.6. The van der Waals surface area contributed by atoms with Crippen LogP contribution in [0, 0.1) is 0 Å². The van der Waals surface area contributed by atoms with Crippen molar-refractivity contribution in [3.63, 3.8) is 0 Å². The summed E-state index contributed by atoms with van der Waals surface area (Å²) in [4.78, 5) is 50.8. The third-order valence-corrected chi connectivity index (χ3v) is 5.24. The van der Waals surface area contributed by atoms with E-state index in [0.717, 1.165) is 5.69 Å². The number of carbonyl (C=O) groups is 4. The lowest BCUT2D eigenvalue weighted by Gasteiger charge is -2.29. The Balaban J connectivity index is 1.59. The van der Waals surface area contributed by atoms with Gasteiger partial charge in [0.05, 0.1) is 0 Å². The van der Waals surface area contributed by atoms with Crippen LogP contribution in [0.25, 0.3) is 0 Å². The standard InChI is InChI=1S/C21H20N4O4/c1-22-12-4-2-5-13(10-12)23-19(27)14-6-3-7-15-16(14)11-25(21(15)29)17-8-9-18(26)24-20(17)28/h2-7,10,17,22H,8-9,11H2,1H3,(H,23,27)(H,24,26,28). The zero-order valence-corrected chi connectivity index (χ0v) is 15.8. The number of rotatable bonds is 4. The minimum Gasteiger partial charge on any atom is -0.388 e. The van der Waals surface area contributed by atoms with Gasteiger partial charge >= 0.3 is 0 Å². The smallest absolute Gasteiger partial charge is 0.256 e. The number of anilines is 2. The van der Waals surface area contributed by atoms with Gasteiger partial charge in [0.15, 0.2) is 0 Å². The molecular formula is C21H20N4O4. The van der Waals surface area contributed by atoms with Crippen LogP contribution in [0.4, 0.5) is 11.4 Å². The molecule has 0 radical (unpaired) electrons. The summed E-state index contributed by atoms with van der Waals surface area (Å²) in [6.07, 6.45) is 0.467. The van der Waals surface area contributed by atoms with Crippen molar-refractivity contribution < 1.29 is 19.2 Å². The normalized spacial score (nSPS) is 18.3. The molecule has 29 heavy (non-hydrogen) atoms. The molecule has 8 heteroatoms. The molecule has 2 aliphatic heterocycles. The van der Waals surface area contributed by atoms with Crippen LogP contribution in [-0.4, -0.2) is 41.6 Å². The molecule has 0 aliphatic carbocycles. The van der Waals surface area contributed by atoms with E-state index < -0.39 is 11.9 Å². The Bertz CT molecular complexity index is 1030. The molecule has 2 aromatic carbocycles. The topological polar surface area (TPSA) is 108 Å². The number of amides is 4. The molecule has 2 aromatic rings. The van der Waals surface area contributed by atoms with Crippen LogP contribution in [0.2, 0.25) is 0 Å². The number of fused-ring (bicyclic) bond motifs is 1. The largest absolute Gasteiger partial charge is 0.388 e. The number of carbonyl (C=O) groups excluding carboxylic acids is 4. The summed E-state index contributed by atoms with van der Waals surface area (Å²) < 4.78 is 0. The van der Waals surface area contributed by atoms with Gasteiger partial charge in [0.1, 0.15) is 6.04 Å². The molecule has 1 fully saturated rings. The van der Waals surface area contributed by atoms with Gasteiger partial charge in [-0.2, -0.15) is 0 Å². The van der Waals surface area contributed by atoms with Crippen molar-refractivity contribution in [1.82, 2.24) is 10.2 Å². The molecule has 2 aliphatic rings. The minimum atomic E-state index is -0.712. The molecule has 0 aromatic heterocycles. The number of nitrogens with one attached hydrogen (secondary N) is 3. The fraction of sp³-hybridized carbons (Fsp3) is 0.238. The first kappa shape index (κ1) is 18.7. The van der Waals surface area contributed by atoms with E-state index in [9.17, 15) is 19.2 Å². The fourth-order valence-electron chi connectivity index (χ4n) is 3.75. The van der Waals surface area contributed by atoms with Crippen molar-refractivity contribution in [1.29, 1.82) is 0 Å². The van der Waals surface area contributed by atoms with Crippen LogP contribution < -0.4 is 16.0 Å². The second-order valence-corrected chi connectivity index (χ2v) is 7.02. The number of hydrogen-bond donors (Lipinski definition) is 3. The van der Waals surface area contributed by atoms with Crippen molar-refractivity contribution in [2.24, 2.45) is 0 Å². The summed E-state index contributed by atoms with van der Waals surface area (Å²) in [5.41, 5.74) is 2.88. The lowest BCUT2D eigenvalue weighted by molar-refractivity contribution is -0.136. The summed E-state index contributed by atoms with van der Waals surface area (Å²) in [7, 11) is 1.79. The Morgan fingerprint density at radius 3 is 2.62 bits per heavy atom. The first-order chi connectivity index (χ1) is 14.0. The minimum absolute atomic E-state index is 0.153. The van der Waals surface area contributed by atoms with E-state index in [4.69, 9.17) is 0 Å². The lowest BCUT2D eigenvalue weighted by atomic mass is 10.0. The number of benzene rings is 2. The zero-order chi connectivity index (χ0) is 20.5. The average Bonchev–Trinajstić information content (AvgIpc) is 3.04. The van der Waals surface area contributed by atoms with E-state index in [-0.39, 0.29) is 37.1 Å². The summed E-state index contributed by atoms with van der Waals surface area (Å²) in [5.74, 6) is -1.44. The van der Waals surface area contributed by atoms with Crippen molar-refractivity contribution in [2.45, 2.75) is 25.4 Å². The number of imide groups is 1. The van der Waals surface area contributed by atoms with E-state index in [1.807, 2.05) is 18.2 Å². The Labute approximate surface area is 167 Å². The lowest BCUT2D eigenvalue weighted by Crippen LogP contribution is -2.52. The first-order valence-corrected chi connectivity index (χ1v) is 9.33. The maximum atomic E-state index is 12.9. The van der Waals surface area contributed by atoms with Gasteiger partial charge in [0.25, 0.3) is 11.8 Å². The average molecular weight is 392 g/mol. The number of hydrogen-bond acceptors (Lipinski definition) is 5. The molecular weight excluding hydrogens is 372 g/mol. The monoisotopic (exact) mass is 392 g/mol. The van der Waals surface area contributed by atoms with Gasteiger partial charge in [0.2, 0.25) is 11.8 Å². The van der Waals surface area contributed by atoms with E-state index in [1.165, 1.54) is 4.90 Å². The zero-order valence-electron chi connectivity index (χ0n) is 15.8. The van der Waals surface area contributed by atoms with E-state index in [0.29, 0.717) is 22.4 Å². The van der Waals surface area contributed by atoms with Crippen LogP contribution in [0.3, 0.4) is 0 Å². The van der Waals surface area contributed by atoms with Gasteiger partial charge in [0, 0.05) is 42.5 Å². The third-order valence-electron chi connectivity index (χ3n) is 5.24. The summed E-state index contributed by atoms with van der Waals surface area (Å²) in [5, 5.41) is 8.14. The highest BCUT2D eigenvalue weighted by Crippen LogP contribution is 2.30. The van der Waals surface area contributed by atoms with Crippen molar-refractivity contribution in [3.05, 3.63) is 59.2 Å². The van der Waals surface area contributed by atoms with Crippen molar-refractivity contribution in [3.8, 4) is 0 Å². The third kappa shape index (κ3) is 3.44. The molecule has 1 atom stereocenters. The molecule has 0 saturated carbocycles. The Morgan fingerprint density at radius 1 is 1.10 bits per heavy atom. The van der Waals surface area contributed by atoms with Gasteiger partial charge in [-0.25, -0.2) is 0 Å². The molecule has 3 N–H and O–H groups in total. The molecule has 0 spiro atoms. The quantitative estimate of drug-likeness (QED) is 0.687. The molecule has 4 rings (SSSR count). The molecule has 1 unspecified atom stereocenters. The fourth-order valence-corrected chi connectivity index (χ4v) is 3.75. The predicted octanol–water partition coefficient (Wildman–Crippen LogP) is 1.74. The highest BCUT2D eigenvalue weighted by Gasteiger charge is 2.40. The summed E-state index contributed by atoms with van der Waals surface area (Å²) >= 11 is 0. The second-order valence-electron chi connectivity index (χ2n) is 7.02. The van der Waals surface area contributed by atoms with Gasteiger partial charge in [-0.05, 0) is 42.3 Å². The van der Waals surface area contributed by atoms with Crippen molar-refractivity contribution in [2.75, 3.05) is 17.7 Å². The van der Waals surface area contributed by atoms with Crippen LogP contribution in [0.5, 0.6) is 0 Å². The highest BCUT2D eigenvalue weighted by molar-refractivity contribution is 6.10. The van der Waals surface area contributed by atoms with Gasteiger partial charge in [-0.3, -0.25) is 24.5 Å². The maximum absolute atomic E-state index is 12.9. The molecule has 1 saturated heterocycles. The second kappa shape index (κ2) is 7.38. The van der Waals surface area contributed by atoms with Crippen LogP contribution in [-0.2, 0) is 16.1 Å². The van der Waals surface area contributed by atoms with Gasteiger partial charge in [-0.1, -0.05) is 12.1 Å². The molecule has 8 nitrogen and oxygen atoms in total. The Morgan fingerprint density at radius 2 is 1.86 bits per heavy atom. The van der Waals surface area contributed by atoms with E-state index in [1.54, 1.807) is 31.3 Å². The Kier molecular flexibility index (Phi) is 4.75. The molecule has 0 bridgehead atoms. The van der Waals surface area contributed by atoms with Gasteiger partial charge < -0.3 is 15.5 Å². The number of nitrogens with zero attached hydrogens (tertiary/aromatic N) is 1. The molecule has 148 valence electrons. The predicted molar refractivity (Wildman–Crippen MR) is 106 cm³/mol. The maximum Gasteiger partial charge on any atom is 0.256 e. The van der Waals surface area contributed by atoms with Crippen LogP contribution >= 0.6 is 0 Å². The molecule has 4 amide bonds. The van der Waals surface area contributed by atoms with E-state index in [2.05, 4.69) is 16.0 Å². The van der Waals surface area contributed by atoms with E-state index >= 15 is 0 Å². The van der Waals surface area contributed by atoms with Crippen molar-refractivity contribution >= 4 is 35.0 Å². The Hall–Kier alpha value is -3.68. The number of piperidine rings is 1. The first-order valence-electron chi connectivity index (χ1n) is 9.33. The SMILES string of the molecule is CNc1cccc(NC(=O)c2cccc3c2CN(C2CCC(=O)NC2=O)C3=O)c1. The highest BCUT2D eigenvalue weighted by atomic mass is 16.2. The van der Waals surface area contributed by atoms with Crippen LogP contribution in [0.1, 0.15) is 39.1 Å².